The minimum absolute atomic E-state index is 0.644. The molecule has 1 rings (SSSR count). The summed E-state index contributed by atoms with van der Waals surface area (Å²) in [6.07, 6.45) is 5.41. The third-order valence-corrected chi connectivity index (χ3v) is 3.81. The van der Waals surface area contributed by atoms with Crippen LogP contribution in [0.3, 0.4) is 0 Å². The third-order valence-electron chi connectivity index (χ3n) is 3.81. The molecule has 0 amide bonds. The molecule has 0 aromatic heterocycles. The molecule has 4 heteroatoms. The van der Waals surface area contributed by atoms with Crippen molar-refractivity contribution in [3.63, 3.8) is 0 Å². The van der Waals surface area contributed by atoms with Crippen LogP contribution in [-0.2, 0) is 0 Å². The summed E-state index contributed by atoms with van der Waals surface area (Å²) in [5, 5.41) is 6.77. The number of rotatable bonds is 6. The molecular weight excluding hydrogens is 236 g/mol. The molecule has 1 aliphatic heterocycles. The van der Waals surface area contributed by atoms with Crippen LogP contribution in [0.4, 0.5) is 0 Å². The predicted molar refractivity (Wildman–Crippen MR) is 83.7 cm³/mol. The van der Waals surface area contributed by atoms with Gasteiger partial charge in [-0.25, -0.2) is 0 Å². The first kappa shape index (κ1) is 16.3. The van der Waals surface area contributed by atoms with E-state index in [9.17, 15) is 0 Å². The molecule has 0 radical (unpaired) electrons. The molecule has 2 N–H and O–H groups in total. The first-order valence-electron chi connectivity index (χ1n) is 7.86. The Morgan fingerprint density at radius 1 is 1.32 bits per heavy atom. The first-order chi connectivity index (χ1) is 9.17. The number of piperidine rings is 1. The van der Waals surface area contributed by atoms with Gasteiger partial charge in [0.05, 0.1) is 0 Å². The lowest BCUT2D eigenvalue weighted by atomic mass is 10.0. The van der Waals surface area contributed by atoms with Gasteiger partial charge in [-0.3, -0.25) is 9.89 Å². The van der Waals surface area contributed by atoms with Crippen LogP contribution in [0.2, 0.25) is 0 Å². The van der Waals surface area contributed by atoms with E-state index in [1.165, 1.54) is 32.2 Å². The quantitative estimate of drug-likeness (QED) is 0.572. The van der Waals surface area contributed by atoms with E-state index < -0.39 is 0 Å². The average molecular weight is 268 g/mol. The van der Waals surface area contributed by atoms with Gasteiger partial charge < -0.3 is 10.6 Å². The molecular formula is C15H32N4. The van der Waals surface area contributed by atoms with Crippen molar-refractivity contribution in [1.82, 2.24) is 15.5 Å². The molecule has 0 aromatic rings. The summed E-state index contributed by atoms with van der Waals surface area (Å²) in [7, 11) is 1.84. The Morgan fingerprint density at radius 3 is 2.74 bits per heavy atom. The zero-order valence-corrected chi connectivity index (χ0v) is 13.2. The highest BCUT2D eigenvalue weighted by Crippen LogP contribution is 2.18. The summed E-state index contributed by atoms with van der Waals surface area (Å²) in [6, 6.07) is 0.793. The SMILES string of the molecule is CCC1CCCCN1CCNC(=NC)NCC(C)C. The van der Waals surface area contributed by atoms with E-state index in [-0.39, 0.29) is 0 Å². The first-order valence-corrected chi connectivity index (χ1v) is 7.86. The fourth-order valence-corrected chi connectivity index (χ4v) is 2.66. The van der Waals surface area contributed by atoms with E-state index in [0.29, 0.717) is 5.92 Å². The molecule has 0 spiro atoms. The van der Waals surface area contributed by atoms with E-state index in [0.717, 1.165) is 31.6 Å². The van der Waals surface area contributed by atoms with Crippen LogP contribution in [0.1, 0.15) is 46.5 Å². The standard InChI is InChI=1S/C15H32N4/c1-5-14-8-6-7-10-19(14)11-9-17-15(16-4)18-12-13(2)3/h13-14H,5-12H2,1-4H3,(H2,16,17,18). The molecule has 1 fully saturated rings. The van der Waals surface area contributed by atoms with Crippen molar-refractivity contribution < 1.29 is 0 Å². The summed E-state index contributed by atoms with van der Waals surface area (Å²) in [5.74, 6) is 1.57. The van der Waals surface area contributed by atoms with Crippen molar-refractivity contribution in [2.45, 2.75) is 52.5 Å². The summed E-state index contributed by atoms with van der Waals surface area (Å²) < 4.78 is 0. The second-order valence-electron chi connectivity index (χ2n) is 5.87. The molecule has 4 nitrogen and oxygen atoms in total. The zero-order chi connectivity index (χ0) is 14.1. The molecule has 1 saturated heterocycles. The molecule has 19 heavy (non-hydrogen) atoms. The van der Waals surface area contributed by atoms with Crippen LogP contribution in [0.5, 0.6) is 0 Å². The van der Waals surface area contributed by atoms with Crippen LogP contribution in [0, 0.1) is 5.92 Å². The van der Waals surface area contributed by atoms with Crippen molar-refractivity contribution in [2.24, 2.45) is 10.9 Å². The van der Waals surface area contributed by atoms with Gasteiger partial charge in [0.25, 0.3) is 0 Å². The van der Waals surface area contributed by atoms with E-state index in [1.54, 1.807) is 0 Å². The largest absolute Gasteiger partial charge is 0.356 e. The zero-order valence-electron chi connectivity index (χ0n) is 13.2. The molecule has 112 valence electrons. The van der Waals surface area contributed by atoms with Gasteiger partial charge in [0, 0.05) is 32.7 Å². The second-order valence-corrected chi connectivity index (χ2v) is 5.87. The summed E-state index contributed by atoms with van der Waals surface area (Å²) in [5.41, 5.74) is 0. The minimum atomic E-state index is 0.644. The maximum absolute atomic E-state index is 4.26. The topological polar surface area (TPSA) is 39.7 Å². The Bertz CT molecular complexity index is 263. The number of nitrogens with one attached hydrogen (secondary N) is 2. The van der Waals surface area contributed by atoms with Crippen molar-refractivity contribution >= 4 is 5.96 Å². The summed E-state index contributed by atoms with van der Waals surface area (Å²) in [6.45, 7) is 11.1. The third kappa shape index (κ3) is 6.28. The predicted octanol–water partition coefficient (Wildman–Crippen LogP) is 2.07. The Morgan fingerprint density at radius 2 is 2.11 bits per heavy atom. The molecule has 0 saturated carbocycles. The molecule has 0 bridgehead atoms. The summed E-state index contributed by atoms with van der Waals surface area (Å²) in [4.78, 5) is 6.89. The highest BCUT2D eigenvalue weighted by Gasteiger charge is 2.19. The number of likely N-dealkylation sites (tertiary alicyclic amines) is 1. The van der Waals surface area contributed by atoms with Crippen molar-refractivity contribution in [2.75, 3.05) is 33.2 Å². The molecule has 0 aliphatic carbocycles. The van der Waals surface area contributed by atoms with Crippen LogP contribution >= 0.6 is 0 Å². The average Bonchev–Trinajstić information content (AvgIpc) is 2.42. The lowest BCUT2D eigenvalue weighted by molar-refractivity contribution is 0.147. The van der Waals surface area contributed by atoms with E-state index in [2.05, 4.69) is 41.3 Å². The Balaban J connectivity index is 2.23. The fourth-order valence-electron chi connectivity index (χ4n) is 2.66. The van der Waals surface area contributed by atoms with Crippen LogP contribution < -0.4 is 10.6 Å². The maximum Gasteiger partial charge on any atom is 0.191 e. The van der Waals surface area contributed by atoms with Gasteiger partial charge in [-0.05, 0) is 31.7 Å². The van der Waals surface area contributed by atoms with Gasteiger partial charge in [-0.1, -0.05) is 27.2 Å². The maximum atomic E-state index is 4.26. The number of aliphatic imine (C=N–C) groups is 1. The van der Waals surface area contributed by atoms with Gasteiger partial charge in [0.15, 0.2) is 5.96 Å². The molecule has 0 aromatic carbocycles. The minimum Gasteiger partial charge on any atom is -0.356 e. The van der Waals surface area contributed by atoms with Gasteiger partial charge in [-0.15, -0.1) is 0 Å². The highest BCUT2D eigenvalue weighted by atomic mass is 15.2. The molecule has 1 unspecified atom stereocenters. The molecule has 1 atom stereocenters. The van der Waals surface area contributed by atoms with Crippen molar-refractivity contribution in [1.29, 1.82) is 0 Å². The van der Waals surface area contributed by atoms with Gasteiger partial charge in [0.1, 0.15) is 0 Å². The van der Waals surface area contributed by atoms with Crippen LogP contribution in [-0.4, -0.2) is 50.1 Å². The number of hydrogen-bond donors (Lipinski definition) is 2. The monoisotopic (exact) mass is 268 g/mol. The second kappa shape index (κ2) is 9.18. The number of guanidine groups is 1. The van der Waals surface area contributed by atoms with Gasteiger partial charge >= 0.3 is 0 Å². The Hall–Kier alpha value is -0.770. The van der Waals surface area contributed by atoms with E-state index in [1.807, 2.05) is 7.05 Å². The molecule has 1 aliphatic rings. The smallest absolute Gasteiger partial charge is 0.191 e. The Kier molecular flexibility index (Phi) is 7.87. The molecule has 1 heterocycles. The number of hydrogen-bond acceptors (Lipinski definition) is 2. The highest BCUT2D eigenvalue weighted by molar-refractivity contribution is 5.79. The summed E-state index contributed by atoms with van der Waals surface area (Å²) >= 11 is 0. The number of nitrogens with zero attached hydrogens (tertiary/aromatic N) is 2. The normalized spacial score (nSPS) is 21.7. The van der Waals surface area contributed by atoms with Gasteiger partial charge in [0.2, 0.25) is 0 Å². The fraction of sp³-hybridized carbons (Fsp3) is 0.933. The van der Waals surface area contributed by atoms with Crippen molar-refractivity contribution in [3.05, 3.63) is 0 Å². The van der Waals surface area contributed by atoms with E-state index in [4.69, 9.17) is 0 Å². The lowest BCUT2D eigenvalue weighted by Gasteiger charge is -2.35. The van der Waals surface area contributed by atoms with Crippen LogP contribution in [0.15, 0.2) is 4.99 Å². The Labute approximate surface area is 119 Å². The lowest BCUT2D eigenvalue weighted by Crippen LogP contribution is -2.46. The van der Waals surface area contributed by atoms with Crippen molar-refractivity contribution in [3.8, 4) is 0 Å². The van der Waals surface area contributed by atoms with Gasteiger partial charge in [-0.2, -0.15) is 0 Å². The van der Waals surface area contributed by atoms with E-state index >= 15 is 0 Å². The van der Waals surface area contributed by atoms with Crippen LogP contribution in [0.25, 0.3) is 0 Å².